The van der Waals surface area contributed by atoms with Crippen molar-refractivity contribution in [3.05, 3.63) is 21.9 Å². The molecule has 3 aromatic rings. The molecule has 126 valence electrons. The summed E-state index contributed by atoms with van der Waals surface area (Å²) in [6.07, 6.45) is 10.6. The zero-order chi connectivity index (χ0) is 16.2. The highest BCUT2D eigenvalue weighted by molar-refractivity contribution is 7.38. The Kier molecular flexibility index (Phi) is 6.17. The molecule has 0 saturated heterocycles. The third-order valence-corrected chi connectivity index (χ3v) is 8.61. The van der Waals surface area contributed by atoms with E-state index in [1.54, 1.807) is 19.2 Å². The van der Waals surface area contributed by atoms with Gasteiger partial charge in [-0.2, -0.15) is 0 Å². The van der Waals surface area contributed by atoms with Gasteiger partial charge < -0.3 is 0 Å². The lowest BCUT2D eigenvalue weighted by Crippen LogP contribution is -1.95. The minimum Gasteiger partial charge on any atom is -0.138 e. The molecule has 1 unspecified atom stereocenters. The van der Waals surface area contributed by atoms with E-state index in [-0.39, 0.29) is 0 Å². The topological polar surface area (TPSA) is 0 Å². The molecule has 1 atom stereocenters. The van der Waals surface area contributed by atoms with Crippen molar-refractivity contribution in [3.8, 4) is 0 Å². The summed E-state index contributed by atoms with van der Waals surface area (Å²) in [7, 11) is 0. The molecule has 0 saturated carbocycles. The predicted octanol–water partition coefficient (Wildman–Crippen LogP) is 8.59. The van der Waals surface area contributed by atoms with Crippen LogP contribution in [-0.4, -0.2) is 0 Å². The average Bonchev–Trinajstić information content (AvgIpc) is 3.19. The summed E-state index contributed by atoms with van der Waals surface area (Å²) in [5.41, 5.74) is 0. The monoisotopic (exact) mass is 364 g/mol. The van der Waals surface area contributed by atoms with Crippen molar-refractivity contribution in [1.82, 2.24) is 0 Å². The number of aryl methyl sites for hydroxylation is 1. The van der Waals surface area contributed by atoms with Crippen LogP contribution in [-0.2, 0) is 6.42 Å². The van der Waals surface area contributed by atoms with Crippen LogP contribution < -0.4 is 0 Å². The van der Waals surface area contributed by atoms with Crippen molar-refractivity contribution in [1.29, 1.82) is 0 Å². The zero-order valence-electron chi connectivity index (χ0n) is 14.6. The molecule has 0 nitrogen and oxygen atoms in total. The van der Waals surface area contributed by atoms with Crippen molar-refractivity contribution in [3.63, 3.8) is 0 Å². The maximum Gasteiger partial charge on any atom is 0.0632 e. The predicted molar refractivity (Wildman–Crippen MR) is 111 cm³/mol. The summed E-state index contributed by atoms with van der Waals surface area (Å²) in [4.78, 5) is 3.23. The highest BCUT2D eigenvalue weighted by Gasteiger charge is 2.17. The van der Waals surface area contributed by atoms with Crippen LogP contribution in [0.25, 0.3) is 18.8 Å². The van der Waals surface area contributed by atoms with Gasteiger partial charge in [-0.3, -0.25) is 0 Å². The zero-order valence-corrected chi connectivity index (χ0v) is 17.1. The minimum absolute atomic E-state index is 0.791. The molecule has 3 heteroatoms. The van der Waals surface area contributed by atoms with E-state index in [4.69, 9.17) is 0 Å². The molecule has 3 heterocycles. The Labute approximate surface area is 152 Å². The van der Waals surface area contributed by atoms with Gasteiger partial charge in [-0.15, -0.1) is 34.0 Å². The first-order valence-electron chi connectivity index (χ1n) is 9.21. The molecule has 0 fully saturated rings. The maximum atomic E-state index is 2.51. The van der Waals surface area contributed by atoms with Gasteiger partial charge >= 0.3 is 0 Å². The molecule has 0 aliphatic rings. The molecule has 3 rings (SSSR count). The normalized spacial score (nSPS) is 13.3. The molecule has 0 spiro atoms. The Balaban J connectivity index is 1.89. The molecule has 0 N–H and O–H groups in total. The van der Waals surface area contributed by atoms with E-state index in [9.17, 15) is 0 Å². The van der Waals surface area contributed by atoms with E-state index in [2.05, 4.69) is 55.6 Å². The van der Waals surface area contributed by atoms with Crippen LogP contribution in [0.5, 0.6) is 0 Å². The first-order chi connectivity index (χ1) is 11.3. The van der Waals surface area contributed by atoms with Crippen molar-refractivity contribution in [2.75, 3.05) is 0 Å². The van der Waals surface area contributed by atoms with Gasteiger partial charge in [0.1, 0.15) is 0 Å². The summed E-state index contributed by atoms with van der Waals surface area (Å²) in [5, 5.41) is 0. The van der Waals surface area contributed by atoms with Gasteiger partial charge in [-0.25, -0.2) is 0 Å². The van der Waals surface area contributed by atoms with Crippen molar-refractivity contribution in [2.24, 2.45) is 0 Å². The van der Waals surface area contributed by atoms with Gasteiger partial charge in [0.25, 0.3) is 0 Å². The fourth-order valence-corrected chi connectivity index (χ4v) is 7.57. The summed E-state index contributed by atoms with van der Waals surface area (Å²) < 4.78 is 6.20. The quantitative estimate of drug-likeness (QED) is 0.356. The molecule has 23 heavy (non-hydrogen) atoms. The van der Waals surface area contributed by atoms with Gasteiger partial charge in [-0.05, 0) is 43.7 Å². The Morgan fingerprint density at radius 1 is 0.783 bits per heavy atom. The first-order valence-corrected chi connectivity index (χ1v) is 11.7. The second kappa shape index (κ2) is 8.13. The molecule has 3 aromatic heterocycles. The Hall–Kier alpha value is -0.380. The fraction of sp³-hybridized carbons (Fsp3) is 0.600. The van der Waals surface area contributed by atoms with Crippen LogP contribution in [0.4, 0.5) is 0 Å². The van der Waals surface area contributed by atoms with Gasteiger partial charge in [0.15, 0.2) is 0 Å². The second-order valence-corrected chi connectivity index (χ2v) is 9.89. The molecular formula is C20H28S3. The molecule has 0 aliphatic heterocycles. The van der Waals surface area contributed by atoms with Crippen LogP contribution in [0.3, 0.4) is 0 Å². The smallest absolute Gasteiger partial charge is 0.0632 e. The van der Waals surface area contributed by atoms with Crippen LogP contribution in [0.15, 0.2) is 12.1 Å². The lowest BCUT2D eigenvalue weighted by molar-refractivity contribution is 0.548. The minimum atomic E-state index is 0.791. The van der Waals surface area contributed by atoms with Gasteiger partial charge in [0.2, 0.25) is 0 Å². The summed E-state index contributed by atoms with van der Waals surface area (Å²) >= 11 is 6.16. The van der Waals surface area contributed by atoms with E-state index in [1.807, 2.05) is 11.3 Å². The summed E-state index contributed by atoms with van der Waals surface area (Å²) in [5.74, 6) is 0.791. The SMILES string of the molecule is CCCCc1cc2sc3cc(C(CCC)CCCC)sc3c2s1. The highest BCUT2D eigenvalue weighted by Crippen LogP contribution is 2.46. The van der Waals surface area contributed by atoms with Crippen molar-refractivity contribution < 1.29 is 0 Å². The van der Waals surface area contributed by atoms with Crippen LogP contribution in [0.1, 0.15) is 81.4 Å². The van der Waals surface area contributed by atoms with Gasteiger partial charge in [-0.1, -0.05) is 46.5 Å². The Morgan fingerprint density at radius 3 is 2.26 bits per heavy atom. The first kappa shape index (κ1) is 17.4. The van der Waals surface area contributed by atoms with E-state index in [0.717, 1.165) is 5.92 Å². The average molecular weight is 365 g/mol. The lowest BCUT2D eigenvalue weighted by atomic mass is 9.96. The fourth-order valence-electron chi connectivity index (χ4n) is 3.30. The number of unbranched alkanes of at least 4 members (excludes halogenated alkanes) is 2. The lowest BCUT2D eigenvalue weighted by Gasteiger charge is -2.13. The largest absolute Gasteiger partial charge is 0.138 e. The van der Waals surface area contributed by atoms with E-state index in [0.29, 0.717) is 0 Å². The molecule has 0 aliphatic carbocycles. The summed E-state index contributed by atoms with van der Waals surface area (Å²) in [6, 6.07) is 4.96. The number of hydrogen-bond acceptors (Lipinski definition) is 3. The van der Waals surface area contributed by atoms with E-state index in [1.165, 1.54) is 60.8 Å². The standard InChI is InChI=1S/C20H28S3/c1-4-7-10-14(9-6-3)16-13-18-20(23-16)19-17(22-18)12-15(21-19)11-8-5-2/h12-14H,4-11H2,1-3H3. The van der Waals surface area contributed by atoms with E-state index < -0.39 is 0 Å². The highest BCUT2D eigenvalue weighted by atomic mass is 32.1. The van der Waals surface area contributed by atoms with Crippen molar-refractivity contribution in [2.45, 2.75) is 78.1 Å². The third-order valence-electron chi connectivity index (χ3n) is 4.61. The second-order valence-electron chi connectivity index (χ2n) is 6.58. The molecule has 0 radical (unpaired) electrons. The number of rotatable bonds is 9. The Bertz CT molecular complexity index is 744. The summed E-state index contributed by atoms with van der Waals surface area (Å²) in [6.45, 7) is 6.92. The van der Waals surface area contributed by atoms with Gasteiger partial charge in [0.05, 0.1) is 9.40 Å². The number of fused-ring (bicyclic) bond motifs is 3. The maximum absolute atomic E-state index is 2.51. The van der Waals surface area contributed by atoms with Gasteiger partial charge in [0, 0.05) is 19.2 Å². The third kappa shape index (κ3) is 3.83. The van der Waals surface area contributed by atoms with Crippen LogP contribution >= 0.6 is 34.0 Å². The van der Waals surface area contributed by atoms with Crippen molar-refractivity contribution >= 4 is 52.8 Å². The number of thiophene rings is 3. The molecule has 0 amide bonds. The van der Waals surface area contributed by atoms with E-state index >= 15 is 0 Å². The molecular weight excluding hydrogens is 336 g/mol. The van der Waals surface area contributed by atoms with Crippen LogP contribution in [0.2, 0.25) is 0 Å². The Morgan fingerprint density at radius 2 is 1.52 bits per heavy atom. The molecule has 0 bridgehead atoms. The molecule has 0 aromatic carbocycles. The number of hydrogen-bond donors (Lipinski definition) is 0. The van der Waals surface area contributed by atoms with Crippen LogP contribution in [0, 0.1) is 0 Å².